The number of aliphatic carboxylic acids is 2. The summed E-state index contributed by atoms with van der Waals surface area (Å²) in [5.74, 6) is -1.32. The van der Waals surface area contributed by atoms with Crippen molar-refractivity contribution in [1.82, 2.24) is 10.6 Å². The molecule has 7 nitrogen and oxygen atoms in total. The molecule has 0 heterocycles. The van der Waals surface area contributed by atoms with E-state index in [1.165, 1.54) is 0 Å². The van der Waals surface area contributed by atoms with Crippen molar-refractivity contribution in [2.75, 3.05) is 18.6 Å². The van der Waals surface area contributed by atoms with Gasteiger partial charge in [0, 0.05) is 13.0 Å². The van der Waals surface area contributed by atoms with E-state index in [-0.39, 0.29) is 12.8 Å². The van der Waals surface area contributed by atoms with Crippen LogP contribution in [0.15, 0.2) is 0 Å². The van der Waals surface area contributed by atoms with Crippen molar-refractivity contribution in [1.29, 1.82) is 0 Å². The molecule has 110 valence electrons. The molecule has 0 radical (unpaired) electrons. The predicted molar refractivity (Wildman–Crippen MR) is 72.4 cm³/mol. The molecule has 1 unspecified atom stereocenters. The van der Waals surface area contributed by atoms with Gasteiger partial charge in [-0.1, -0.05) is 0 Å². The van der Waals surface area contributed by atoms with Crippen molar-refractivity contribution in [3.8, 4) is 0 Å². The number of thioether (sulfide) groups is 1. The molecule has 0 saturated carbocycles. The molecule has 0 rings (SSSR count). The zero-order valence-corrected chi connectivity index (χ0v) is 11.7. The third-order valence-corrected chi connectivity index (χ3v) is 3.01. The van der Waals surface area contributed by atoms with Gasteiger partial charge in [0.15, 0.2) is 0 Å². The molecule has 0 aromatic heterocycles. The molecule has 2 amide bonds. The van der Waals surface area contributed by atoms with Crippen molar-refractivity contribution in [2.45, 2.75) is 31.7 Å². The molecule has 0 aromatic carbocycles. The van der Waals surface area contributed by atoms with E-state index in [0.29, 0.717) is 6.54 Å². The summed E-state index contributed by atoms with van der Waals surface area (Å²) >= 11 is 1.72. The lowest BCUT2D eigenvalue weighted by Crippen LogP contribution is -2.46. The van der Waals surface area contributed by atoms with Gasteiger partial charge in [-0.25, -0.2) is 9.59 Å². The maximum absolute atomic E-state index is 11.4. The average Bonchev–Trinajstić information content (AvgIpc) is 2.33. The number of carbonyl (C=O) groups excluding carboxylic acids is 1. The predicted octanol–water partition coefficient (Wildman–Crippen LogP) is 0.747. The summed E-state index contributed by atoms with van der Waals surface area (Å²) in [6.07, 6.45) is 3.36. The molecular weight excluding hydrogens is 272 g/mol. The van der Waals surface area contributed by atoms with Gasteiger partial charge >= 0.3 is 18.0 Å². The van der Waals surface area contributed by atoms with Crippen LogP contribution in [0.3, 0.4) is 0 Å². The number of nitrogens with one attached hydrogen (secondary N) is 2. The summed E-state index contributed by atoms with van der Waals surface area (Å²) in [6, 6.07) is -1.76. The molecule has 0 aliphatic carbocycles. The van der Waals surface area contributed by atoms with E-state index >= 15 is 0 Å². The van der Waals surface area contributed by atoms with Gasteiger partial charge in [0.25, 0.3) is 0 Å². The van der Waals surface area contributed by atoms with Crippen LogP contribution in [0.2, 0.25) is 0 Å². The molecule has 0 saturated heterocycles. The summed E-state index contributed by atoms with van der Waals surface area (Å²) < 4.78 is 0. The average molecular weight is 292 g/mol. The Hall–Kier alpha value is -1.44. The number of carboxylic acid groups (broad SMARTS) is 2. The topological polar surface area (TPSA) is 116 Å². The number of hydrogen-bond donors (Lipinski definition) is 4. The molecule has 4 N–H and O–H groups in total. The van der Waals surface area contributed by atoms with Crippen LogP contribution in [-0.2, 0) is 9.59 Å². The molecule has 0 aromatic rings. The maximum Gasteiger partial charge on any atom is 0.326 e. The van der Waals surface area contributed by atoms with E-state index in [0.717, 1.165) is 18.6 Å². The SMILES string of the molecule is CSCCCCNC(=O)NC(CCC(=O)O)C(=O)O. The summed E-state index contributed by atoms with van der Waals surface area (Å²) in [5.41, 5.74) is 0. The van der Waals surface area contributed by atoms with Crippen LogP contribution >= 0.6 is 11.8 Å². The molecule has 0 fully saturated rings. The Bertz CT molecular complexity index is 311. The highest BCUT2D eigenvalue weighted by Gasteiger charge is 2.20. The number of unbranched alkanes of at least 4 members (excludes halogenated alkanes) is 1. The van der Waals surface area contributed by atoms with Crippen LogP contribution in [0.25, 0.3) is 0 Å². The van der Waals surface area contributed by atoms with Gasteiger partial charge in [-0.2, -0.15) is 11.8 Å². The van der Waals surface area contributed by atoms with Crippen LogP contribution in [0.5, 0.6) is 0 Å². The normalized spacial score (nSPS) is 11.6. The number of carboxylic acids is 2. The van der Waals surface area contributed by atoms with E-state index in [1.807, 2.05) is 6.26 Å². The molecule has 0 aliphatic rings. The Morgan fingerprint density at radius 3 is 2.42 bits per heavy atom. The number of carbonyl (C=O) groups is 3. The minimum Gasteiger partial charge on any atom is -0.481 e. The number of urea groups is 1. The fourth-order valence-corrected chi connectivity index (χ4v) is 1.80. The third kappa shape index (κ3) is 10.2. The van der Waals surface area contributed by atoms with Crippen LogP contribution < -0.4 is 10.6 Å². The van der Waals surface area contributed by atoms with Gasteiger partial charge in [0.1, 0.15) is 6.04 Å². The largest absolute Gasteiger partial charge is 0.481 e. The molecule has 1 atom stereocenters. The van der Waals surface area contributed by atoms with Gasteiger partial charge < -0.3 is 20.8 Å². The second kappa shape index (κ2) is 10.5. The monoisotopic (exact) mass is 292 g/mol. The van der Waals surface area contributed by atoms with Gasteiger partial charge in [-0.3, -0.25) is 4.79 Å². The van der Waals surface area contributed by atoms with Crippen LogP contribution in [-0.4, -0.2) is 52.8 Å². The number of amides is 2. The van der Waals surface area contributed by atoms with Crippen molar-refractivity contribution in [2.24, 2.45) is 0 Å². The smallest absolute Gasteiger partial charge is 0.326 e. The molecular formula is C11H20N2O5S. The summed E-state index contributed by atoms with van der Waals surface area (Å²) in [4.78, 5) is 32.6. The second-order valence-electron chi connectivity index (χ2n) is 3.92. The Morgan fingerprint density at radius 1 is 1.21 bits per heavy atom. The molecule has 19 heavy (non-hydrogen) atoms. The quantitative estimate of drug-likeness (QED) is 0.441. The van der Waals surface area contributed by atoms with E-state index in [9.17, 15) is 14.4 Å². The summed E-state index contributed by atoms with van der Waals surface area (Å²) in [6.45, 7) is 0.470. The fourth-order valence-electron chi connectivity index (χ4n) is 1.31. The minimum atomic E-state index is -1.24. The Balaban J connectivity index is 3.90. The first-order chi connectivity index (χ1) is 8.97. The molecule has 0 aliphatic heterocycles. The summed E-state index contributed by atoms with van der Waals surface area (Å²) in [7, 11) is 0. The van der Waals surface area contributed by atoms with E-state index in [4.69, 9.17) is 10.2 Å². The van der Waals surface area contributed by atoms with Gasteiger partial charge in [0.05, 0.1) is 0 Å². The molecule has 8 heteroatoms. The van der Waals surface area contributed by atoms with E-state index in [1.54, 1.807) is 11.8 Å². The lowest BCUT2D eigenvalue weighted by Gasteiger charge is -2.14. The highest BCUT2D eigenvalue weighted by atomic mass is 32.2. The zero-order chi connectivity index (χ0) is 14.7. The van der Waals surface area contributed by atoms with Crippen molar-refractivity contribution in [3.63, 3.8) is 0 Å². The Morgan fingerprint density at radius 2 is 1.89 bits per heavy atom. The van der Waals surface area contributed by atoms with E-state index < -0.39 is 24.0 Å². The molecule has 0 bridgehead atoms. The molecule has 0 spiro atoms. The van der Waals surface area contributed by atoms with E-state index in [2.05, 4.69) is 10.6 Å². The first kappa shape index (κ1) is 17.6. The lowest BCUT2D eigenvalue weighted by atomic mass is 10.1. The van der Waals surface area contributed by atoms with Crippen LogP contribution in [0.1, 0.15) is 25.7 Å². The highest BCUT2D eigenvalue weighted by Crippen LogP contribution is 1.99. The van der Waals surface area contributed by atoms with Gasteiger partial charge in [-0.05, 0) is 31.3 Å². The first-order valence-electron chi connectivity index (χ1n) is 5.95. The number of rotatable bonds is 10. The minimum absolute atomic E-state index is 0.134. The van der Waals surface area contributed by atoms with Gasteiger partial charge in [0.2, 0.25) is 0 Å². The third-order valence-electron chi connectivity index (χ3n) is 2.31. The fraction of sp³-hybridized carbons (Fsp3) is 0.727. The van der Waals surface area contributed by atoms with Crippen molar-refractivity contribution >= 4 is 29.7 Å². The maximum atomic E-state index is 11.4. The van der Waals surface area contributed by atoms with Crippen molar-refractivity contribution < 1.29 is 24.6 Å². The Kier molecular flexibility index (Phi) is 9.69. The lowest BCUT2D eigenvalue weighted by molar-refractivity contribution is -0.140. The van der Waals surface area contributed by atoms with Crippen LogP contribution in [0, 0.1) is 0 Å². The Labute approximate surface area is 116 Å². The number of hydrogen-bond acceptors (Lipinski definition) is 4. The second-order valence-corrected chi connectivity index (χ2v) is 4.91. The highest BCUT2D eigenvalue weighted by molar-refractivity contribution is 7.98. The van der Waals surface area contributed by atoms with Crippen molar-refractivity contribution in [3.05, 3.63) is 0 Å². The van der Waals surface area contributed by atoms with Gasteiger partial charge in [-0.15, -0.1) is 0 Å². The zero-order valence-electron chi connectivity index (χ0n) is 10.8. The standard InChI is InChI=1S/C11H20N2O5S/c1-19-7-3-2-6-12-11(18)13-8(10(16)17)4-5-9(14)15/h8H,2-7H2,1H3,(H,14,15)(H,16,17)(H2,12,13,18). The summed E-state index contributed by atoms with van der Waals surface area (Å²) in [5, 5.41) is 22.1. The van der Waals surface area contributed by atoms with Crippen LogP contribution in [0.4, 0.5) is 4.79 Å². The first-order valence-corrected chi connectivity index (χ1v) is 7.34.